The second-order valence-corrected chi connectivity index (χ2v) is 6.90. The largest absolute Gasteiger partial charge is 0.342 e. The maximum absolute atomic E-state index is 12.9. The van der Waals surface area contributed by atoms with Crippen molar-refractivity contribution in [2.24, 2.45) is 23.2 Å². The van der Waals surface area contributed by atoms with Crippen molar-refractivity contribution < 1.29 is 4.79 Å². The van der Waals surface area contributed by atoms with E-state index in [0.29, 0.717) is 11.8 Å². The summed E-state index contributed by atoms with van der Waals surface area (Å²) in [5.41, 5.74) is -0.112. The van der Waals surface area contributed by atoms with Crippen LogP contribution >= 0.6 is 0 Å². The molecular formula is C15H26N2O. The molecule has 3 heteroatoms. The Balaban J connectivity index is 1.74. The molecule has 1 aliphatic carbocycles. The Hall–Kier alpha value is -0.570. The molecule has 2 aliphatic heterocycles. The number of hydrogen-bond donors (Lipinski definition) is 1. The van der Waals surface area contributed by atoms with Crippen molar-refractivity contribution in [1.29, 1.82) is 0 Å². The number of nitrogens with one attached hydrogen (secondary N) is 1. The van der Waals surface area contributed by atoms with Gasteiger partial charge in [-0.1, -0.05) is 20.3 Å². The van der Waals surface area contributed by atoms with Crippen molar-refractivity contribution in [2.75, 3.05) is 26.2 Å². The predicted molar refractivity (Wildman–Crippen MR) is 72.2 cm³/mol. The topological polar surface area (TPSA) is 32.3 Å². The van der Waals surface area contributed by atoms with Crippen molar-refractivity contribution in [2.45, 2.75) is 39.5 Å². The van der Waals surface area contributed by atoms with Gasteiger partial charge >= 0.3 is 0 Å². The third kappa shape index (κ3) is 1.78. The van der Waals surface area contributed by atoms with Crippen LogP contribution in [0.15, 0.2) is 0 Å². The molecule has 102 valence electrons. The minimum absolute atomic E-state index is 0.112. The van der Waals surface area contributed by atoms with E-state index in [4.69, 9.17) is 0 Å². The van der Waals surface area contributed by atoms with Crippen LogP contribution in [-0.4, -0.2) is 37.0 Å². The van der Waals surface area contributed by atoms with Crippen LogP contribution in [0.1, 0.15) is 39.5 Å². The second kappa shape index (κ2) is 4.52. The molecule has 0 radical (unpaired) electrons. The molecule has 0 bridgehead atoms. The van der Waals surface area contributed by atoms with Crippen LogP contribution in [0.2, 0.25) is 0 Å². The molecule has 3 fully saturated rings. The monoisotopic (exact) mass is 250 g/mol. The van der Waals surface area contributed by atoms with Crippen LogP contribution in [-0.2, 0) is 4.79 Å². The molecule has 18 heavy (non-hydrogen) atoms. The Kier molecular flexibility index (Phi) is 3.13. The van der Waals surface area contributed by atoms with Crippen LogP contribution in [0, 0.1) is 23.2 Å². The lowest BCUT2D eigenvalue weighted by atomic mass is 9.75. The molecule has 0 aromatic rings. The molecule has 3 atom stereocenters. The molecule has 3 nitrogen and oxygen atoms in total. The van der Waals surface area contributed by atoms with Gasteiger partial charge in [-0.15, -0.1) is 0 Å². The SMILES string of the molecule is CC(C)C1(C(=O)N2CC3CCCC3C2)CCNC1. The number of likely N-dealkylation sites (tertiary alicyclic amines) is 1. The van der Waals surface area contributed by atoms with E-state index in [2.05, 4.69) is 24.1 Å². The number of carbonyl (C=O) groups excluding carboxylic acids is 1. The van der Waals surface area contributed by atoms with Gasteiger partial charge in [0.05, 0.1) is 5.41 Å². The summed E-state index contributed by atoms with van der Waals surface area (Å²) in [6.07, 6.45) is 5.10. The fraction of sp³-hybridized carbons (Fsp3) is 0.933. The number of fused-ring (bicyclic) bond motifs is 1. The molecule has 3 unspecified atom stereocenters. The highest BCUT2D eigenvalue weighted by Gasteiger charge is 2.49. The lowest BCUT2D eigenvalue weighted by Gasteiger charge is -2.35. The lowest BCUT2D eigenvalue weighted by molar-refractivity contribution is -0.143. The first-order valence-electron chi connectivity index (χ1n) is 7.63. The quantitative estimate of drug-likeness (QED) is 0.811. The summed E-state index contributed by atoms with van der Waals surface area (Å²) in [4.78, 5) is 15.1. The Morgan fingerprint density at radius 2 is 1.94 bits per heavy atom. The number of hydrogen-bond acceptors (Lipinski definition) is 2. The maximum Gasteiger partial charge on any atom is 0.230 e. The minimum atomic E-state index is -0.112. The van der Waals surface area contributed by atoms with Crippen LogP contribution in [0.5, 0.6) is 0 Å². The number of amides is 1. The van der Waals surface area contributed by atoms with Gasteiger partial charge in [-0.2, -0.15) is 0 Å². The van der Waals surface area contributed by atoms with Gasteiger partial charge in [-0.05, 0) is 43.6 Å². The molecule has 0 aromatic heterocycles. The summed E-state index contributed by atoms with van der Waals surface area (Å²) >= 11 is 0. The van der Waals surface area contributed by atoms with Gasteiger partial charge in [0.1, 0.15) is 0 Å². The minimum Gasteiger partial charge on any atom is -0.342 e. The molecule has 0 spiro atoms. The van der Waals surface area contributed by atoms with Gasteiger partial charge in [-0.25, -0.2) is 0 Å². The summed E-state index contributed by atoms with van der Waals surface area (Å²) < 4.78 is 0. The standard InChI is InChI=1S/C15H26N2O/c1-11(2)15(6-7-16-10-15)14(18)17-8-12-4-3-5-13(12)9-17/h11-13,16H,3-10H2,1-2H3. The van der Waals surface area contributed by atoms with Crippen molar-refractivity contribution in [1.82, 2.24) is 10.2 Å². The fourth-order valence-corrected chi connectivity index (χ4v) is 4.35. The first kappa shape index (κ1) is 12.5. The zero-order valence-corrected chi connectivity index (χ0v) is 11.7. The zero-order chi connectivity index (χ0) is 12.8. The van der Waals surface area contributed by atoms with Gasteiger partial charge in [0, 0.05) is 19.6 Å². The van der Waals surface area contributed by atoms with Gasteiger partial charge in [0.15, 0.2) is 0 Å². The van der Waals surface area contributed by atoms with Crippen LogP contribution < -0.4 is 5.32 Å². The summed E-state index contributed by atoms with van der Waals surface area (Å²) in [7, 11) is 0. The normalized spacial score (nSPS) is 39.6. The highest BCUT2D eigenvalue weighted by Crippen LogP contribution is 2.42. The van der Waals surface area contributed by atoms with E-state index < -0.39 is 0 Å². The molecule has 2 saturated heterocycles. The van der Waals surface area contributed by atoms with Crippen LogP contribution in [0.3, 0.4) is 0 Å². The Morgan fingerprint density at radius 3 is 2.44 bits per heavy atom. The van der Waals surface area contributed by atoms with Gasteiger partial charge in [0.2, 0.25) is 5.91 Å². The number of rotatable bonds is 2. The predicted octanol–water partition coefficient (Wildman–Crippen LogP) is 1.88. The summed E-state index contributed by atoms with van der Waals surface area (Å²) in [6, 6.07) is 0. The molecule has 1 saturated carbocycles. The van der Waals surface area contributed by atoms with Crippen LogP contribution in [0.4, 0.5) is 0 Å². The van der Waals surface area contributed by atoms with Crippen LogP contribution in [0.25, 0.3) is 0 Å². The number of carbonyl (C=O) groups is 1. The maximum atomic E-state index is 12.9. The van der Waals surface area contributed by atoms with Crippen molar-refractivity contribution >= 4 is 5.91 Å². The second-order valence-electron chi connectivity index (χ2n) is 6.90. The van der Waals surface area contributed by atoms with Gasteiger partial charge < -0.3 is 10.2 Å². The van der Waals surface area contributed by atoms with E-state index >= 15 is 0 Å². The van der Waals surface area contributed by atoms with Gasteiger partial charge in [0.25, 0.3) is 0 Å². The van der Waals surface area contributed by atoms with E-state index in [0.717, 1.165) is 44.4 Å². The summed E-state index contributed by atoms with van der Waals surface area (Å²) in [6.45, 7) is 8.39. The summed E-state index contributed by atoms with van der Waals surface area (Å²) in [5, 5.41) is 3.40. The van der Waals surface area contributed by atoms with Crippen molar-refractivity contribution in [3.63, 3.8) is 0 Å². The van der Waals surface area contributed by atoms with Crippen molar-refractivity contribution in [3.05, 3.63) is 0 Å². The molecular weight excluding hydrogens is 224 g/mol. The van der Waals surface area contributed by atoms with Gasteiger partial charge in [-0.3, -0.25) is 4.79 Å². The van der Waals surface area contributed by atoms with E-state index in [-0.39, 0.29) is 5.41 Å². The Bertz CT molecular complexity index is 321. The van der Waals surface area contributed by atoms with E-state index in [1.54, 1.807) is 0 Å². The molecule has 3 rings (SSSR count). The molecule has 2 heterocycles. The fourth-order valence-electron chi connectivity index (χ4n) is 4.35. The smallest absolute Gasteiger partial charge is 0.230 e. The van der Waals surface area contributed by atoms with E-state index in [1.165, 1.54) is 19.3 Å². The van der Waals surface area contributed by atoms with Crippen molar-refractivity contribution in [3.8, 4) is 0 Å². The molecule has 1 amide bonds. The Morgan fingerprint density at radius 1 is 1.28 bits per heavy atom. The molecule has 0 aromatic carbocycles. The first-order valence-corrected chi connectivity index (χ1v) is 7.63. The lowest BCUT2D eigenvalue weighted by Crippen LogP contribution is -2.47. The summed E-state index contributed by atoms with van der Waals surface area (Å²) in [5.74, 6) is 2.51. The molecule has 1 N–H and O–H groups in total. The average molecular weight is 250 g/mol. The highest BCUT2D eigenvalue weighted by molar-refractivity contribution is 5.84. The van der Waals surface area contributed by atoms with E-state index in [9.17, 15) is 4.79 Å². The average Bonchev–Trinajstić information content (AvgIpc) is 3.03. The van der Waals surface area contributed by atoms with E-state index in [1.807, 2.05) is 0 Å². The third-order valence-electron chi connectivity index (χ3n) is 5.73. The third-order valence-corrected chi connectivity index (χ3v) is 5.73. The highest BCUT2D eigenvalue weighted by atomic mass is 16.2. The molecule has 3 aliphatic rings. The Labute approximate surface area is 110 Å². The number of nitrogens with zero attached hydrogens (tertiary/aromatic N) is 1. The first-order chi connectivity index (χ1) is 8.63. The zero-order valence-electron chi connectivity index (χ0n) is 11.7.